The average molecular weight is 393 g/mol. The number of benzene rings is 1. The number of thiazole rings is 1. The van der Waals surface area contributed by atoms with E-state index in [9.17, 15) is 0 Å². The summed E-state index contributed by atoms with van der Waals surface area (Å²) in [4.78, 5) is 14.3. The molecule has 0 radical (unpaired) electrons. The van der Waals surface area contributed by atoms with Crippen LogP contribution >= 0.6 is 11.3 Å². The summed E-state index contributed by atoms with van der Waals surface area (Å²) in [6.45, 7) is 4.41. The van der Waals surface area contributed by atoms with Crippen LogP contribution in [0.4, 0.5) is 10.8 Å². The summed E-state index contributed by atoms with van der Waals surface area (Å²) in [6, 6.07) is 9.01. The Hall–Kier alpha value is -2.48. The third-order valence-corrected chi connectivity index (χ3v) is 6.29. The summed E-state index contributed by atoms with van der Waals surface area (Å²) in [5.74, 6) is 1.18. The molecule has 0 bridgehead atoms. The first-order chi connectivity index (χ1) is 13.8. The fraction of sp³-hybridized carbons (Fsp3) is 0.333. The van der Waals surface area contributed by atoms with Gasteiger partial charge in [0.15, 0.2) is 0 Å². The second-order valence-electron chi connectivity index (χ2n) is 7.44. The van der Waals surface area contributed by atoms with Crippen LogP contribution in [0.2, 0.25) is 0 Å². The van der Waals surface area contributed by atoms with E-state index in [1.165, 1.54) is 5.69 Å². The number of fused-ring (bicyclic) bond motifs is 1. The van der Waals surface area contributed by atoms with Gasteiger partial charge < -0.3 is 15.2 Å². The van der Waals surface area contributed by atoms with Crippen LogP contribution < -0.4 is 15.8 Å². The molecule has 144 valence electrons. The summed E-state index contributed by atoms with van der Waals surface area (Å²) < 4.78 is 0. The standard InChI is InChI=1S/C21H24N6S/c1-26-10-12-27(13-11-26)16-8-6-15(7-9-16)19-14-28-21(22-19)23-20-17-4-2-3-5-18(17)24-25-20/h2-9,14,17-18,24H,10-13H2,1H3,(H,22,23,25). The van der Waals surface area contributed by atoms with Crippen LogP contribution in [0.15, 0.2) is 58.9 Å². The van der Waals surface area contributed by atoms with Crippen molar-refractivity contribution in [1.82, 2.24) is 20.7 Å². The van der Waals surface area contributed by atoms with E-state index in [1.54, 1.807) is 11.3 Å². The molecule has 0 saturated carbocycles. The minimum atomic E-state index is 0.250. The van der Waals surface area contributed by atoms with Crippen molar-refractivity contribution in [3.05, 3.63) is 53.9 Å². The number of aliphatic imine (C=N–C) groups is 1. The van der Waals surface area contributed by atoms with Gasteiger partial charge in [-0.2, -0.15) is 0 Å². The Morgan fingerprint density at radius 3 is 2.68 bits per heavy atom. The maximum Gasteiger partial charge on any atom is 0.211 e. The van der Waals surface area contributed by atoms with Crippen molar-refractivity contribution in [1.29, 1.82) is 0 Å². The van der Waals surface area contributed by atoms with Gasteiger partial charge in [0.05, 0.1) is 17.7 Å². The van der Waals surface area contributed by atoms with Gasteiger partial charge >= 0.3 is 0 Å². The lowest BCUT2D eigenvalue weighted by atomic mass is 9.96. The number of allylic oxidation sites excluding steroid dienone is 2. The van der Waals surface area contributed by atoms with Crippen LogP contribution in [0.3, 0.4) is 0 Å². The lowest BCUT2D eigenvalue weighted by molar-refractivity contribution is 0.313. The molecule has 2 saturated heterocycles. The van der Waals surface area contributed by atoms with Crippen LogP contribution in [0.25, 0.3) is 11.3 Å². The highest BCUT2D eigenvalue weighted by atomic mass is 32.1. The molecule has 7 heteroatoms. The van der Waals surface area contributed by atoms with E-state index >= 15 is 0 Å². The second-order valence-corrected chi connectivity index (χ2v) is 8.28. The highest BCUT2D eigenvalue weighted by Crippen LogP contribution is 2.30. The summed E-state index contributed by atoms with van der Waals surface area (Å²) >= 11 is 1.58. The van der Waals surface area contributed by atoms with Gasteiger partial charge in [-0.25, -0.2) is 15.4 Å². The Kier molecular flexibility index (Phi) is 4.72. The van der Waals surface area contributed by atoms with E-state index in [1.807, 2.05) is 0 Å². The number of hydrazine groups is 1. The zero-order chi connectivity index (χ0) is 18.9. The average Bonchev–Trinajstić information content (AvgIpc) is 3.37. The topological polar surface area (TPSA) is 55.8 Å². The molecule has 5 rings (SSSR count). The smallest absolute Gasteiger partial charge is 0.211 e. The lowest BCUT2D eigenvalue weighted by Gasteiger charge is -2.34. The zero-order valence-corrected chi connectivity index (χ0v) is 16.7. The highest BCUT2D eigenvalue weighted by Gasteiger charge is 2.30. The molecular formula is C21H24N6S. The van der Waals surface area contributed by atoms with Crippen molar-refractivity contribution in [3.63, 3.8) is 0 Å². The number of rotatable bonds is 3. The fourth-order valence-electron chi connectivity index (χ4n) is 3.81. The van der Waals surface area contributed by atoms with Crippen molar-refractivity contribution in [3.8, 4) is 11.3 Å². The first-order valence-electron chi connectivity index (χ1n) is 9.71. The molecule has 3 heterocycles. The first kappa shape index (κ1) is 17.6. The quantitative estimate of drug-likeness (QED) is 0.841. The number of likely N-dealkylation sites (N-methyl/N-ethyl adjacent to an activating group) is 1. The van der Waals surface area contributed by atoms with Crippen molar-refractivity contribution in [2.45, 2.75) is 6.04 Å². The van der Waals surface area contributed by atoms with Crippen LogP contribution in [-0.4, -0.2) is 55.0 Å². The predicted octanol–water partition coefficient (Wildman–Crippen LogP) is 2.81. The van der Waals surface area contributed by atoms with E-state index in [4.69, 9.17) is 9.98 Å². The maximum atomic E-state index is 4.74. The molecule has 2 aromatic rings. The SMILES string of the molecule is CN1CCN(c2ccc(-c3csc(N=C4NNC5C=CC=CC45)n3)cc2)CC1. The molecule has 28 heavy (non-hydrogen) atoms. The molecule has 2 aliphatic heterocycles. The minimum absolute atomic E-state index is 0.250. The molecule has 0 spiro atoms. The third kappa shape index (κ3) is 3.48. The van der Waals surface area contributed by atoms with Crippen LogP contribution in [0, 0.1) is 5.92 Å². The van der Waals surface area contributed by atoms with Gasteiger partial charge in [-0.3, -0.25) is 0 Å². The van der Waals surface area contributed by atoms with E-state index in [0.717, 1.165) is 48.4 Å². The van der Waals surface area contributed by atoms with Crippen molar-refractivity contribution >= 4 is 28.0 Å². The Morgan fingerprint density at radius 1 is 1.07 bits per heavy atom. The number of aromatic nitrogens is 1. The summed E-state index contributed by atoms with van der Waals surface area (Å²) in [6.07, 6.45) is 8.45. The van der Waals surface area contributed by atoms with Crippen molar-refractivity contribution < 1.29 is 0 Å². The number of anilines is 1. The molecule has 6 nitrogen and oxygen atoms in total. The van der Waals surface area contributed by atoms with E-state index in [-0.39, 0.29) is 12.0 Å². The Balaban J connectivity index is 1.30. The van der Waals surface area contributed by atoms with Gasteiger partial charge in [-0.15, -0.1) is 11.3 Å². The monoisotopic (exact) mass is 392 g/mol. The molecule has 2 unspecified atom stereocenters. The lowest BCUT2D eigenvalue weighted by Crippen LogP contribution is -2.44. The molecule has 0 amide bonds. The van der Waals surface area contributed by atoms with E-state index < -0.39 is 0 Å². The number of amidine groups is 1. The van der Waals surface area contributed by atoms with Crippen LogP contribution in [0.1, 0.15) is 0 Å². The zero-order valence-electron chi connectivity index (χ0n) is 15.9. The molecule has 1 aromatic carbocycles. The number of hydrogen-bond donors (Lipinski definition) is 2. The van der Waals surface area contributed by atoms with Crippen LogP contribution in [0.5, 0.6) is 0 Å². The number of nitrogens with one attached hydrogen (secondary N) is 2. The molecule has 2 atom stereocenters. The van der Waals surface area contributed by atoms with Crippen LogP contribution in [-0.2, 0) is 0 Å². The van der Waals surface area contributed by atoms with Crippen molar-refractivity contribution in [2.24, 2.45) is 10.9 Å². The molecular weight excluding hydrogens is 368 g/mol. The summed E-state index contributed by atoms with van der Waals surface area (Å²) in [7, 11) is 2.18. The fourth-order valence-corrected chi connectivity index (χ4v) is 4.52. The highest BCUT2D eigenvalue weighted by molar-refractivity contribution is 7.13. The normalized spacial score (nSPS) is 25.9. The van der Waals surface area contributed by atoms with E-state index in [0.29, 0.717) is 0 Å². The first-order valence-corrected chi connectivity index (χ1v) is 10.6. The van der Waals surface area contributed by atoms with Gasteiger partial charge in [0, 0.05) is 42.8 Å². The summed E-state index contributed by atoms with van der Waals surface area (Å²) in [5, 5.41) is 2.87. The number of hydrogen-bond acceptors (Lipinski definition) is 6. The number of piperazine rings is 1. The maximum absolute atomic E-state index is 4.74. The largest absolute Gasteiger partial charge is 0.369 e. The number of nitrogens with zero attached hydrogens (tertiary/aromatic N) is 4. The van der Waals surface area contributed by atoms with Gasteiger partial charge in [0.1, 0.15) is 5.84 Å². The van der Waals surface area contributed by atoms with Crippen molar-refractivity contribution in [2.75, 3.05) is 38.1 Å². The third-order valence-electron chi connectivity index (χ3n) is 5.56. The predicted molar refractivity (Wildman–Crippen MR) is 116 cm³/mol. The molecule has 3 aliphatic rings. The van der Waals surface area contributed by atoms with Gasteiger partial charge in [-0.05, 0) is 19.2 Å². The Bertz CT molecular complexity index is 921. The Labute approximate surface area is 169 Å². The minimum Gasteiger partial charge on any atom is -0.369 e. The van der Waals surface area contributed by atoms with E-state index in [2.05, 4.69) is 81.6 Å². The Morgan fingerprint density at radius 2 is 1.86 bits per heavy atom. The van der Waals surface area contributed by atoms with Gasteiger partial charge in [-0.1, -0.05) is 36.4 Å². The second kappa shape index (κ2) is 7.50. The molecule has 2 fully saturated rings. The molecule has 1 aliphatic carbocycles. The summed E-state index contributed by atoms with van der Waals surface area (Å²) in [5.41, 5.74) is 9.86. The molecule has 1 aromatic heterocycles. The molecule has 2 N–H and O–H groups in total. The van der Waals surface area contributed by atoms with Gasteiger partial charge in [0.2, 0.25) is 5.13 Å². The van der Waals surface area contributed by atoms with Gasteiger partial charge in [0.25, 0.3) is 0 Å².